The smallest absolute Gasteiger partial charge is 0.251 e. The Kier molecular flexibility index (Phi) is 8.34. The highest BCUT2D eigenvalue weighted by Gasteiger charge is 2.31. The zero-order valence-corrected chi connectivity index (χ0v) is 17.2. The van der Waals surface area contributed by atoms with Crippen LogP contribution < -0.4 is 10.9 Å². The van der Waals surface area contributed by atoms with Crippen LogP contribution in [0.15, 0.2) is 16.0 Å². The molecule has 2 rings (SSSR count). The molecule has 0 aromatic carbocycles. The van der Waals surface area contributed by atoms with Crippen LogP contribution in [0.4, 0.5) is 0 Å². The summed E-state index contributed by atoms with van der Waals surface area (Å²) in [5, 5.41) is 3.62. The minimum Gasteiger partial charge on any atom is -0.353 e. The van der Waals surface area contributed by atoms with E-state index in [-0.39, 0.29) is 35.1 Å². The van der Waals surface area contributed by atoms with Crippen molar-refractivity contribution in [3.63, 3.8) is 0 Å². The largest absolute Gasteiger partial charge is 0.353 e. The molecule has 0 saturated carbocycles. The number of aryl methyl sites for hydroxylation is 1. The molecule has 1 fully saturated rings. The zero-order chi connectivity index (χ0) is 19.8. The number of rotatable bonds is 8. The minimum absolute atomic E-state index is 0.0402. The standard InChI is InChI=1S/C19H30N4O3S/c1-4-6-7-16(24)21-15-8-9-23(11-14(15)5-2)18(26)12-27-19-20-13(3)10-17(25)22-19/h10,14-15H,4-9,11-12H2,1-3H3,(H,21,24)(H,20,22,25)/t14-,15+/m1/s1. The molecule has 2 N–H and O–H groups in total. The molecule has 0 radical (unpaired) electrons. The number of carbonyl (C=O) groups excluding carboxylic acids is 2. The summed E-state index contributed by atoms with van der Waals surface area (Å²) in [6, 6.07) is 1.57. The third-order valence-corrected chi connectivity index (χ3v) is 5.75. The number of unbranched alkanes of at least 4 members (excludes halogenated alkanes) is 1. The number of hydrogen-bond donors (Lipinski definition) is 2. The fraction of sp³-hybridized carbons (Fsp3) is 0.684. The number of piperidine rings is 1. The number of likely N-dealkylation sites (tertiary alicyclic amines) is 1. The Morgan fingerprint density at radius 1 is 1.41 bits per heavy atom. The highest BCUT2D eigenvalue weighted by Crippen LogP contribution is 2.22. The summed E-state index contributed by atoms with van der Waals surface area (Å²) in [5.74, 6) is 0.676. The molecule has 1 aliphatic rings. The zero-order valence-electron chi connectivity index (χ0n) is 16.4. The Balaban J connectivity index is 1.86. The fourth-order valence-electron chi connectivity index (χ4n) is 3.32. The normalized spacial score (nSPS) is 19.7. The SMILES string of the molecule is CCCCC(=O)N[C@H]1CCN(C(=O)CSc2nc(C)cc(=O)[nH]2)C[C@H]1CC. The molecule has 0 bridgehead atoms. The molecule has 27 heavy (non-hydrogen) atoms. The van der Waals surface area contributed by atoms with Gasteiger partial charge in [-0.2, -0.15) is 0 Å². The lowest BCUT2D eigenvalue weighted by Crippen LogP contribution is -2.52. The first-order valence-electron chi connectivity index (χ1n) is 9.70. The topological polar surface area (TPSA) is 95.2 Å². The molecule has 1 aromatic heterocycles. The fourth-order valence-corrected chi connectivity index (χ4v) is 4.14. The van der Waals surface area contributed by atoms with Crippen LogP contribution in [0.25, 0.3) is 0 Å². The van der Waals surface area contributed by atoms with Crippen LogP contribution in [0.1, 0.15) is 51.6 Å². The first kappa shape index (κ1) is 21.5. The third kappa shape index (κ3) is 6.68. The van der Waals surface area contributed by atoms with Gasteiger partial charge in [-0.15, -0.1) is 0 Å². The molecule has 150 valence electrons. The van der Waals surface area contributed by atoms with Gasteiger partial charge in [0.2, 0.25) is 11.8 Å². The van der Waals surface area contributed by atoms with Crippen molar-refractivity contribution in [2.45, 2.75) is 64.1 Å². The molecule has 8 heteroatoms. The Morgan fingerprint density at radius 2 is 2.19 bits per heavy atom. The number of hydrogen-bond acceptors (Lipinski definition) is 5. The van der Waals surface area contributed by atoms with Crippen LogP contribution in [-0.2, 0) is 9.59 Å². The van der Waals surface area contributed by atoms with Crippen molar-refractivity contribution >= 4 is 23.6 Å². The maximum absolute atomic E-state index is 12.6. The van der Waals surface area contributed by atoms with Crippen molar-refractivity contribution in [3.8, 4) is 0 Å². The van der Waals surface area contributed by atoms with Crippen LogP contribution in [-0.4, -0.2) is 51.6 Å². The number of thioether (sulfide) groups is 1. The van der Waals surface area contributed by atoms with E-state index in [0.717, 1.165) is 25.7 Å². The van der Waals surface area contributed by atoms with E-state index in [1.54, 1.807) is 6.92 Å². The Hall–Kier alpha value is -1.83. The van der Waals surface area contributed by atoms with Gasteiger partial charge in [-0.05, 0) is 32.1 Å². The van der Waals surface area contributed by atoms with E-state index >= 15 is 0 Å². The molecule has 1 saturated heterocycles. The molecule has 2 atom stereocenters. The summed E-state index contributed by atoms with van der Waals surface area (Å²) >= 11 is 1.25. The summed E-state index contributed by atoms with van der Waals surface area (Å²) < 4.78 is 0. The number of carbonyl (C=O) groups is 2. The van der Waals surface area contributed by atoms with E-state index in [0.29, 0.717) is 30.4 Å². The van der Waals surface area contributed by atoms with Gasteiger partial charge in [-0.1, -0.05) is 32.0 Å². The van der Waals surface area contributed by atoms with Gasteiger partial charge >= 0.3 is 0 Å². The highest BCUT2D eigenvalue weighted by molar-refractivity contribution is 7.99. The van der Waals surface area contributed by atoms with Crippen LogP contribution >= 0.6 is 11.8 Å². The van der Waals surface area contributed by atoms with Gasteiger partial charge < -0.3 is 15.2 Å². The van der Waals surface area contributed by atoms with Gasteiger partial charge in [0.05, 0.1) is 5.75 Å². The average Bonchev–Trinajstić information content (AvgIpc) is 2.64. The molecule has 1 aromatic rings. The van der Waals surface area contributed by atoms with Gasteiger partial charge in [-0.3, -0.25) is 14.4 Å². The van der Waals surface area contributed by atoms with Crippen LogP contribution in [0, 0.1) is 12.8 Å². The maximum atomic E-state index is 12.6. The Morgan fingerprint density at radius 3 is 2.85 bits per heavy atom. The van der Waals surface area contributed by atoms with Gasteiger partial charge in [0.25, 0.3) is 5.56 Å². The van der Waals surface area contributed by atoms with Crippen molar-refractivity contribution in [1.82, 2.24) is 20.2 Å². The summed E-state index contributed by atoms with van der Waals surface area (Å²) in [6.07, 6.45) is 4.20. The summed E-state index contributed by atoms with van der Waals surface area (Å²) in [5.41, 5.74) is 0.433. The monoisotopic (exact) mass is 394 g/mol. The third-order valence-electron chi connectivity index (χ3n) is 4.90. The summed E-state index contributed by atoms with van der Waals surface area (Å²) in [7, 11) is 0. The van der Waals surface area contributed by atoms with Crippen LogP contribution in [0.2, 0.25) is 0 Å². The lowest BCUT2D eigenvalue weighted by atomic mass is 9.89. The second-order valence-electron chi connectivity index (χ2n) is 7.05. The van der Waals surface area contributed by atoms with Crippen molar-refractivity contribution in [3.05, 3.63) is 22.1 Å². The average molecular weight is 395 g/mol. The number of amides is 2. The van der Waals surface area contributed by atoms with E-state index in [2.05, 4.69) is 29.1 Å². The molecule has 0 aliphatic carbocycles. The second-order valence-corrected chi connectivity index (χ2v) is 8.02. The van der Waals surface area contributed by atoms with Gasteiger partial charge in [-0.25, -0.2) is 4.98 Å². The quantitative estimate of drug-likeness (QED) is 0.520. The van der Waals surface area contributed by atoms with Crippen LogP contribution in [0.5, 0.6) is 0 Å². The molecular weight excluding hydrogens is 364 g/mol. The molecule has 0 unspecified atom stereocenters. The Bertz CT molecular complexity index is 706. The minimum atomic E-state index is -0.205. The summed E-state index contributed by atoms with van der Waals surface area (Å²) in [4.78, 5) is 44.8. The molecule has 1 aliphatic heterocycles. The number of aromatic amines is 1. The van der Waals surface area contributed by atoms with Crippen molar-refractivity contribution < 1.29 is 9.59 Å². The van der Waals surface area contributed by atoms with E-state index in [1.165, 1.54) is 17.8 Å². The van der Waals surface area contributed by atoms with Gasteiger partial charge in [0.15, 0.2) is 5.16 Å². The first-order chi connectivity index (χ1) is 12.9. The Labute approximate surface area is 164 Å². The van der Waals surface area contributed by atoms with Crippen molar-refractivity contribution in [1.29, 1.82) is 0 Å². The number of aromatic nitrogens is 2. The van der Waals surface area contributed by atoms with E-state index in [1.807, 2.05) is 4.90 Å². The predicted octanol–water partition coefficient (Wildman–Crippen LogP) is 2.10. The number of nitrogens with zero attached hydrogens (tertiary/aromatic N) is 2. The predicted molar refractivity (Wildman–Crippen MR) is 107 cm³/mol. The number of nitrogens with one attached hydrogen (secondary N) is 2. The van der Waals surface area contributed by atoms with Crippen molar-refractivity contribution in [2.75, 3.05) is 18.8 Å². The molecule has 0 spiro atoms. The molecule has 2 amide bonds. The first-order valence-corrected chi connectivity index (χ1v) is 10.7. The maximum Gasteiger partial charge on any atom is 0.251 e. The van der Waals surface area contributed by atoms with Crippen LogP contribution in [0.3, 0.4) is 0 Å². The lowest BCUT2D eigenvalue weighted by Gasteiger charge is -2.38. The van der Waals surface area contributed by atoms with Crippen molar-refractivity contribution in [2.24, 2.45) is 5.92 Å². The van der Waals surface area contributed by atoms with E-state index in [9.17, 15) is 14.4 Å². The lowest BCUT2D eigenvalue weighted by molar-refractivity contribution is -0.130. The molecular formula is C19H30N4O3S. The molecule has 2 heterocycles. The van der Waals surface area contributed by atoms with Gasteiger partial charge in [0, 0.05) is 37.3 Å². The molecule has 7 nitrogen and oxygen atoms in total. The second kappa shape index (κ2) is 10.5. The van der Waals surface area contributed by atoms with E-state index < -0.39 is 0 Å². The van der Waals surface area contributed by atoms with Gasteiger partial charge in [0.1, 0.15) is 0 Å². The highest BCUT2D eigenvalue weighted by atomic mass is 32.2. The summed E-state index contributed by atoms with van der Waals surface area (Å²) in [6.45, 7) is 7.23. The van der Waals surface area contributed by atoms with E-state index in [4.69, 9.17) is 0 Å². The number of H-pyrrole nitrogens is 1.